The van der Waals surface area contributed by atoms with Crippen molar-refractivity contribution in [2.24, 2.45) is 11.3 Å². The normalized spacial score (nSPS) is 21.3. The van der Waals surface area contributed by atoms with Crippen LogP contribution < -0.4 is 4.90 Å². The number of hydrogen-bond acceptors (Lipinski definition) is 2. The second-order valence-corrected chi connectivity index (χ2v) is 9.40. The van der Waals surface area contributed by atoms with Crippen molar-refractivity contribution in [3.05, 3.63) is 82.6 Å². The van der Waals surface area contributed by atoms with Gasteiger partial charge in [-0.1, -0.05) is 68.5 Å². The SMILES string of the molecule is Cc1ccc(C)c(N2C(=O)CC(/C=C/c3ccccc3)C3=C2CC(C)(C)CC3=O)c1. The van der Waals surface area contributed by atoms with E-state index in [-0.39, 0.29) is 23.0 Å². The number of nitrogens with zero attached hydrogens (tertiary/aromatic N) is 1. The molecule has 0 aromatic heterocycles. The van der Waals surface area contributed by atoms with Crippen molar-refractivity contribution < 1.29 is 9.59 Å². The third kappa shape index (κ3) is 3.89. The Bertz CT molecular complexity index is 1060. The van der Waals surface area contributed by atoms with Gasteiger partial charge in [-0.2, -0.15) is 0 Å². The number of allylic oxidation sites excluding steroid dienone is 3. The van der Waals surface area contributed by atoms with Crippen LogP contribution in [0, 0.1) is 25.2 Å². The topological polar surface area (TPSA) is 37.4 Å². The van der Waals surface area contributed by atoms with Gasteiger partial charge in [-0.3, -0.25) is 14.5 Å². The molecule has 0 saturated carbocycles. The van der Waals surface area contributed by atoms with E-state index in [1.165, 1.54) is 0 Å². The summed E-state index contributed by atoms with van der Waals surface area (Å²) in [4.78, 5) is 28.5. The Hall–Kier alpha value is -2.94. The lowest BCUT2D eigenvalue weighted by Crippen LogP contribution is -2.44. The molecule has 1 atom stereocenters. The number of hydrogen-bond donors (Lipinski definition) is 0. The number of carbonyl (C=O) groups excluding carboxylic acids is 2. The predicted molar refractivity (Wildman–Crippen MR) is 122 cm³/mol. The van der Waals surface area contributed by atoms with Gasteiger partial charge in [-0.25, -0.2) is 0 Å². The van der Waals surface area contributed by atoms with Gasteiger partial charge >= 0.3 is 0 Å². The molecule has 3 nitrogen and oxygen atoms in total. The van der Waals surface area contributed by atoms with Crippen LogP contribution in [0.4, 0.5) is 5.69 Å². The van der Waals surface area contributed by atoms with Crippen molar-refractivity contribution in [2.45, 2.75) is 47.0 Å². The van der Waals surface area contributed by atoms with Crippen LogP contribution in [-0.2, 0) is 9.59 Å². The molecule has 2 aliphatic rings. The summed E-state index contributed by atoms with van der Waals surface area (Å²) in [6, 6.07) is 16.2. The first-order valence-electron chi connectivity index (χ1n) is 10.6. The zero-order valence-corrected chi connectivity index (χ0v) is 18.2. The first-order valence-corrected chi connectivity index (χ1v) is 10.6. The average Bonchev–Trinajstić information content (AvgIpc) is 2.68. The van der Waals surface area contributed by atoms with Crippen molar-refractivity contribution in [1.82, 2.24) is 0 Å². The lowest BCUT2D eigenvalue weighted by Gasteiger charge is -2.42. The fourth-order valence-electron chi connectivity index (χ4n) is 4.65. The molecule has 3 heteroatoms. The van der Waals surface area contributed by atoms with Crippen molar-refractivity contribution in [3.63, 3.8) is 0 Å². The van der Waals surface area contributed by atoms with E-state index >= 15 is 0 Å². The zero-order valence-electron chi connectivity index (χ0n) is 18.2. The molecule has 0 saturated heterocycles. The summed E-state index contributed by atoms with van der Waals surface area (Å²) < 4.78 is 0. The van der Waals surface area contributed by atoms with Gasteiger partial charge in [0.25, 0.3) is 0 Å². The van der Waals surface area contributed by atoms with Crippen molar-refractivity contribution in [1.29, 1.82) is 0 Å². The molecule has 1 amide bonds. The number of anilines is 1. The molecular weight excluding hydrogens is 370 g/mol. The van der Waals surface area contributed by atoms with Crippen LogP contribution in [0.3, 0.4) is 0 Å². The Balaban J connectivity index is 1.83. The molecule has 1 aliphatic heterocycles. The van der Waals surface area contributed by atoms with Crippen molar-refractivity contribution in [3.8, 4) is 0 Å². The minimum absolute atomic E-state index is 0.0654. The number of ketones is 1. The van der Waals surface area contributed by atoms with Crippen molar-refractivity contribution >= 4 is 23.5 Å². The molecule has 4 rings (SSSR count). The summed E-state index contributed by atoms with van der Waals surface area (Å²) in [5.41, 5.74) is 5.70. The van der Waals surface area contributed by atoms with Crippen LogP contribution in [0.15, 0.2) is 65.9 Å². The fourth-order valence-corrected chi connectivity index (χ4v) is 4.65. The van der Waals surface area contributed by atoms with Gasteiger partial charge in [0.2, 0.25) is 5.91 Å². The Kier molecular flexibility index (Phi) is 5.23. The van der Waals surface area contributed by atoms with Gasteiger partial charge < -0.3 is 0 Å². The summed E-state index contributed by atoms with van der Waals surface area (Å²) in [6.45, 7) is 8.29. The highest BCUT2D eigenvalue weighted by Crippen LogP contribution is 2.46. The molecular formula is C27H29NO2. The highest BCUT2D eigenvalue weighted by molar-refractivity contribution is 6.07. The average molecular weight is 400 g/mol. The van der Waals surface area contributed by atoms with E-state index in [9.17, 15) is 9.59 Å². The number of aryl methyl sites for hydroxylation is 2. The quantitative estimate of drug-likeness (QED) is 0.633. The maximum absolute atomic E-state index is 13.4. The number of Topliss-reactive ketones (excluding diaryl/α,β-unsaturated/α-hetero) is 1. The molecule has 2 aromatic carbocycles. The molecule has 1 unspecified atom stereocenters. The number of amides is 1. The van der Waals surface area contributed by atoms with Crippen LogP contribution in [0.1, 0.15) is 49.8 Å². The highest BCUT2D eigenvalue weighted by Gasteiger charge is 2.43. The standard InChI is InChI=1S/C27H29NO2/c1-18-10-11-19(2)22(14-18)28-23-16-27(3,4)17-24(29)26(23)21(15-25(28)30)13-12-20-8-6-5-7-9-20/h5-14,21H,15-17H2,1-4H3/b13-12+. The van der Waals surface area contributed by atoms with Gasteiger partial charge in [-0.15, -0.1) is 0 Å². The summed E-state index contributed by atoms with van der Waals surface area (Å²) in [6.07, 6.45) is 5.64. The molecule has 2 aromatic rings. The predicted octanol–water partition coefficient (Wildman–Crippen LogP) is 6.01. The van der Waals surface area contributed by atoms with Crippen LogP contribution in [0.25, 0.3) is 6.08 Å². The molecule has 1 aliphatic carbocycles. The molecule has 154 valence electrons. The van der Waals surface area contributed by atoms with Crippen LogP contribution in [0.5, 0.6) is 0 Å². The van der Waals surface area contributed by atoms with Crippen molar-refractivity contribution in [2.75, 3.05) is 4.90 Å². The van der Waals surface area contributed by atoms with Crippen LogP contribution in [0.2, 0.25) is 0 Å². The van der Waals surface area contributed by atoms with E-state index in [1.807, 2.05) is 61.2 Å². The maximum atomic E-state index is 13.4. The fraction of sp³-hybridized carbons (Fsp3) is 0.333. The van der Waals surface area contributed by atoms with E-state index in [4.69, 9.17) is 0 Å². The monoisotopic (exact) mass is 399 g/mol. The number of benzene rings is 2. The summed E-state index contributed by atoms with van der Waals surface area (Å²) in [5.74, 6) is 0.0695. The summed E-state index contributed by atoms with van der Waals surface area (Å²) >= 11 is 0. The second kappa shape index (κ2) is 7.71. The van der Waals surface area contributed by atoms with Gasteiger partial charge in [0.1, 0.15) is 0 Å². The van der Waals surface area contributed by atoms with E-state index < -0.39 is 0 Å². The summed E-state index contributed by atoms with van der Waals surface area (Å²) in [5, 5.41) is 0. The van der Waals surface area contributed by atoms with Crippen LogP contribution in [-0.4, -0.2) is 11.7 Å². The van der Waals surface area contributed by atoms with E-state index in [2.05, 4.69) is 32.0 Å². The minimum Gasteiger partial charge on any atom is -0.294 e. The Morgan fingerprint density at radius 3 is 2.47 bits per heavy atom. The Labute approximate surface area is 179 Å². The molecule has 0 spiro atoms. The highest BCUT2D eigenvalue weighted by atomic mass is 16.2. The molecule has 0 radical (unpaired) electrons. The second-order valence-electron chi connectivity index (χ2n) is 9.40. The summed E-state index contributed by atoms with van der Waals surface area (Å²) in [7, 11) is 0. The third-order valence-corrected chi connectivity index (χ3v) is 6.11. The maximum Gasteiger partial charge on any atom is 0.232 e. The smallest absolute Gasteiger partial charge is 0.232 e. The van der Waals surface area contributed by atoms with E-state index in [0.29, 0.717) is 12.8 Å². The number of carbonyl (C=O) groups is 2. The van der Waals surface area contributed by atoms with E-state index in [1.54, 1.807) is 0 Å². The third-order valence-electron chi connectivity index (χ3n) is 6.11. The molecule has 0 bridgehead atoms. The Morgan fingerprint density at radius 2 is 1.73 bits per heavy atom. The first-order chi connectivity index (χ1) is 14.2. The van der Waals surface area contributed by atoms with Gasteiger partial charge in [0, 0.05) is 30.0 Å². The zero-order chi connectivity index (χ0) is 21.5. The lowest BCUT2D eigenvalue weighted by atomic mass is 9.70. The lowest BCUT2D eigenvalue weighted by molar-refractivity contribution is -0.121. The van der Waals surface area contributed by atoms with Gasteiger partial charge in [-0.05, 0) is 48.4 Å². The van der Waals surface area contributed by atoms with Gasteiger partial charge in [0.15, 0.2) is 5.78 Å². The molecule has 0 N–H and O–H groups in total. The van der Waals surface area contributed by atoms with Gasteiger partial charge in [0.05, 0.1) is 5.69 Å². The molecule has 0 fully saturated rings. The van der Waals surface area contributed by atoms with Crippen LogP contribution >= 0.6 is 0 Å². The first kappa shape index (κ1) is 20.3. The Morgan fingerprint density at radius 1 is 1.00 bits per heavy atom. The minimum atomic E-state index is -0.169. The number of rotatable bonds is 3. The molecule has 1 heterocycles. The largest absolute Gasteiger partial charge is 0.294 e. The molecule has 30 heavy (non-hydrogen) atoms. The van der Waals surface area contributed by atoms with E-state index in [0.717, 1.165) is 40.1 Å².